The van der Waals surface area contributed by atoms with Crippen LogP contribution in [0.2, 0.25) is 0 Å². The van der Waals surface area contributed by atoms with Crippen LogP contribution < -0.4 is 0 Å². The van der Waals surface area contributed by atoms with Crippen LogP contribution in [0.15, 0.2) is 36.9 Å². The van der Waals surface area contributed by atoms with Gasteiger partial charge in [0, 0.05) is 0 Å². The van der Waals surface area contributed by atoms with Crippen molar-refractivity contribution in [2.75, 3.05) is 6.61 Å². The molecule has 1 atom stereocenters. The van der Waals surface area contributed by atoms with E-state index in [2.05, 4.69) is 30.8 Å². The first-order valence-electron chi connectivity index (χ1n) is 4.22. The van der Waals surface area contributed by atoms with Crippen molar-refractivity contribution in [3.05, 3.63) is 48.0 Å². The molecule has 1 heterocycles. The van der Waals surface area contributed by atoms with E-state index in [0.29, 0.717) is 6.10 Å². The average molecular weight is 160 g/mol. The number of hydrogen-bond donors (Lipinski definition) is 0. The van der Waals surface area contributed by atoms with Gasteiger partial charge in [0.15, 0.2) is 0 Å². The second kappa shape index (κ2) is 3.11. The van der Waals surface area contributed by atoms with Crippen molar-refractivity contribution in [3.63, 3.8) is 0 Å². The van der Waals surface area contributed by atoms with Gasteiger partial charge in [-0.25, -0.2) is 0 Å². The predicted octanol–water partition coefficient (Wildman–Crippen LogP) is 2.49. The topological polar surface area (TPSA) is 12.5 Å². The molecule has 1 unspecified atom stereocenters. The van der Waals surface area contributed by atoms with Crippen LogP contribution in [-0.4, -0.2) is 6.61 Å². The molecule has 1 aromatic carbocycles. The summed E-state index contributed by atoms with van der Waals surface area (Å²) in [6.45, 7) is 4.62. The van der Waals surface area contributed by atoms with Gasteiger partial charge >= 0.3 is 0 Å². The fraction of sp³-hybridized carbons (Fsp3) is 0.273. The Morgan fingerprint density at radius 2 is 2.25 bits per heavy atom. The predicted molar refractivity (Wildman–Crippen MR) is 49.0 cm³/mol. The fourth-order valence-electron chi connectivity index (χ4n) is 1.42. The second-order valence-corrected chi connectivity index (χ2v) is 3.01. The lowest BCUT2D eigenvalue weighted by Crippen LogP contribution is -1.89. The Morgan fingerprint density at radius 1 is 1.50 bits per heavy atom. The summed E-state index contributed by atoms with van der Waals surface area (Å²) < 4.78 is 5.25. The molecule has 1 aliphatic heterocycles. The molecule has 1 aliphatic rings. The number of epoxide rings is 1. The molecule has 1 aromatic rings. The molecule has 1 saturated heterocycles. The van der Waals surface area contributed by atoms with Gasteiger partial charge in [0.1, 0.15) is 6.10 Å². The van der Waals surface area contributed by atoms with E-state index in [-0.39, 0.29) is 0 Å². The zero-order chi connectivity index (χ0) is 8.39. The average Bonchev–Trinajstić information content (AvgIpc) is 2.89. The van der Waals surface area contributed by atoms with Crippen LogP contribution in [0, 0.1) is 0 Å². The van der Waals surface area contributed by atoms with Gasteiger partial charge in [-0.1, -0.05) is 30.3 Å². The molecule has 0 bridgehead atoms. The summed E-state index contributed by atoms with van der Waals surface area (Å²) in [7, 11) is 0. The minimum Gasteiger partial charge on any atom is -0.368 e. The quantitative estimate of drug-likeness (QED) is 0.489. The van der Waals surface area contributed by atoms with E-state index < -0.39 is 0 Å². The molecule has 0 N–H and O–H groups in total. The van der Waals surface area contributed by atoms with Crippen molar-refractivity contribution >= 4 is 0 Å². The van der Waals surface area contributed by atoms with Gasteiger partial charge in [-0.15, -0.1) is 6.58 Å². The third kappa shape index (κ3) is 1.41. The SMILES string of the molecule is C=CCc1ccccc1C1CO1. The number of hydrogen-bond acceptors (Lipinski definition) is 1. The highest BCUT2D eigenvalue weighted by atomic mass is 16.6. The van der Waals surface area contributed by atoms with Crippen LogP contribution in [-0.2, 0) is 11.2 Å². The van der Waals surface area contributed by atoms with Crippen LogP contribution in [0.25, 0.3) is 0 Å². The number of rotatable bonds is 3. The molecule has 1 heteroatoms. The van der Waals surface area contributed by atoms with Crippen molar-refractivity contribution in [1.29, 1.82) is 0 Å². The highest BCUT2D eigenvalue weighted by Crippen LogP contribution is 2.32. The smallest absolute Gasteiger partial charge is 0.106 e. The van der Waals surface area contributed by atoms with Crippen molar-refractivity contribution in [2.24, 2.45) is 0 Å². The number of benzene rings is 1. The normalized spacial score (nSPS) is 20.5. The molecule has 2 rings (SSSR count). The summed E-state index contributed by atoms with van der Waals surface area (Å²) in [6, 6.07) is 8.39. The van der Waals surface area contributed by atoms with Crippen molar-refractivity contribution in [1.82, 2.24) is 0 Å². The van der Waals surface area contributed by atoms with Crippen molar-refractivity contribution in [2.45, 2.75) is 12.5 Å². The molecule has 1 fully saturated rings. The Labute approximate surface area is 72.7 Å². The molecule has 0 saturated carbocycles. The van der Waals surface area contributed by atoms with E-state index in [4.69, 9.17) is 4.74 Å². The minimum absolute atomic E-state index is 0.362. The summed E-state index contributed by atoms with van der Waals surface area (Å²) >= 11 is 0. The summed E-state index contributed by atoms with van der Waals surface area (Å²) in [5, 5.41) is 0. The minimum atomic E-state index is 0.362. The van der Waals surface area contributed by atoms with Gasteiger partial charge in [-0.2, -0.15) is 0 Å². The van der Waals surface area contributed by atoms with Gasteiger partial charge in [-0.05, 0) is 17.5 Å². The van der Waals surface area contributed by atoms with Crippen molar-refractivity contribution < 1.29 is 4.74 Å². The second-order valence-electron chi connectivity index (χ2n) is 3.01. The molecule has 12 heavy (non-hydrogen) atoms. The first-order valence-corrected chi connectivity index (χ1v) is 4.22. The first kappa shape index (κ1) is 7.56. The van der Waals surface area contributed by atoms with Crippen LogP contribution in [0.1, 0.15) is 17.2 Å². The summed E-state index contributed by atoms with van der Waals surface area (Å²) in [5.41, 5.74) is 2.67. The molecule has 0 aliphatic carbocycles. The summed E-state index contributed by atoms with van der Waals surface area (Å²) in [4.78, 5) is 0. The lowest BCUT2D eigenvalue weighted by molar-refractivity contribution is 0.414. The molecule has 0 spiro atoms. The Morgan fingerprint density at radius 3 is 2.92 bits per heavy atom. The molecule has 1 nitrogen and oxygen atoms in total. The Balaban J connectivity index is 2.29. The lowest BCUT2D eigenvalue weighted by atomic mass is 10.0. The van der Waals surface area contributed by atoms with E-state index in [9.17, 15) is 0 Å². The van der Waals surface area contributed by atoms with Gasteiger partial charge < -0.3 is 4.74 Å². The van der Waals surface area contributed by atoms with E-state index in [0.717, 1.165) is 13.0 Å². The number of allylic oxidation sites excluding steroid dienone is 1. The molecule has 0 aromatic heterocycles. The van der Waals surface area contributed by atoms with Gasteiger partial charge in [-0.3, -0.25) is 0 Å². The standard InChI is InChI=1S/C11H12O/c1-2-5-9-6-3-4-7-10(9)11-8-12-11/h2-4,6-7,11H,1,5,8H2. The van der Waals surface area contributed by atoms with E-state index >= 15 is 0 Å². The summed E-state index contributed by atoms with van der Waals surface area (Å²) in [6.07, 6.45) is 3.23. The summed E-state index contributed by atoms with van der Waals surface area (Å²) in [5.74, 6) is 0. The Kier molecular flexibility index (Phi) is 1.96. The Bertz CT molecular complexity index is 287. The maximum Gasteiger partial charge on any atom is 0.106 e. The number of ether oxygens (including phenoxy) is 1. The van der Waals surface area contributed by atoms with E-state index in [1.807, 2.05) is 6.08 Å². The van der Waals surface area contributed by atoms with Crippen LogP contribution in [0.4, 0.5) is 0 Å². The highest BCUT2D eigenvalue weighted by molar-refractivity contribution is 5.32. The molecular weight excluding hydrogens is 148 g/mol. The monoisotopic (exact) mass is 160 g/mol. The first-order chi connectivity index (χ1) is 5.92. The van der Waals surface area contributed by atoms with Crippen molar-refractivity contribution in [3.8, 4) is 0 Å². The van der Waals surface area contributed by atoms with Gasteiger partial charge in [0.2, 0.25) is 0 Å². The Hall–Kier alpha value is -1.08. The zero-order valence-corrected chi connectivity index (χ0v) is 6.99. The largest absolute Gasteiger partial charge is 0.368 e. The third-order valence-electron chi connectivity index (χ3n) is 2.10. The highest BCUT2D eigenvalue weighted by Gasteiger charge is 2.26. The third-order valence-corrected chi connectivity index (χ3v) is 2.10. The van der Waals surface area contributed by atoms with E-state index in [1.165, 1.54) is 11.1 Å². The van der Waals surface area contributed by atoms with Gasteiger partial charge in [0.05, 0.1) is 6.61 Å². The maximum atomic E-state index is 5.25. The van der Waals surface area contributed by atoms with Gasteiger partial charge in [0.25, 0.3) is 0 Å². The molecule has 0 amide bonds. The maximum absolute atomic E-state index is 5.25. The van der Waals surface area contributed by atoms with E-state index in [1.54, 1.807) is 0 Å². The fourth-order valence-corrected chi connectivity index (χ4v) is 1.42. The molecular formula is C11H12O. The molecule has 62 valence electrons. The van der Waals surface area contributed by atoms with Crippen LogP contribution in [0.5, 0.6) is 0 Å². The van der Waals surface area contributed by atoms with Crippen LogP contribution >= 0.6 is 0 Å². The molecule has 0 radical (unpaired) electrons. The van der Waals surface area contributed by atoms with Crippen LogP contribution in [0.3, 0.4) is 0 Å². The lowest BCUT2D eigenvalue weighted by Gasteiger charge is -2.02. The zero-order valence-electron chi connectivity index (χ0n) is 6.99.